The van der Waals surface area contributed by atoms with Crippen molar-refractivity contribution in [3.63, 3.8) is 0 Å². The maximum atomic E-state index is 11.7. The SMILES string of the molecule is Cl.Nc1ccc(CCNC(=O)Cc2ccccc2)cc1. The van der Waals surface area contributed by atoms with E-state index in [1.54, 1.807) is 0 Å². The van der Waals surface area contributed by atoms with Crippen LogP contribution in [0.25, 0.3) is 0 Å². The monoisotopic (exact) mass is 290 g/mol. The Balaban J connectivity index is 0.00000200. The van der Waals surface area contributed by atoms with Gasteiger partial charge in [-0.2, -0.15) is 0 Å². The fourth-order valence-corrected chi connectivity index (χ4v) is 1.87. The Labute approximate surface area is 125 Å². The quantitative estimate of drug-likeness (QED) is 0.832. The molecule has 0 saturated heterocycles. The molecule has 0 aliphatic rings. The summed E-state index contributed by atoms with van der Waals surface area (Å²) in [6.07, 6.45) is 1.25. The summed E-state index contributed by atoms with van der Waals surface area (Å²) >= 11 is 0. The first-order valence-electron chi connectivity index (χ1n) is 6.39. The number of carbonyl (C=O) groups excluding carboxylic acids is 1. The molecule has 0 bridgehead atoms. The van der Waals surface area contributed by atoms with Crippen LogP contribution in [0.3, 0.4) is 0 Å². The summed E-state index contributed by atoms with van der Waals surface area (Å²) in [6.45, 7) is 0.648. The van der Waals surface area contributed by atoms with E-state index in [0.29, 0.717) is 13.0 Å². The van der Waals surface area contributed by atoms with Crippen molar-refractivity contribution in [1.29, 1.82) is 0 Å². The highest BCUT2D eigenvalue weighted by molar-refractivity contribution is 5.85. The first kappa shape index (κ1) is 16.1. The lowest BCUT2D eigenvalue weighted by atomic mass is 10.1. The van der Waals surface area contributed by atoms with Crippen molar-refractivity contribution < 1.29 is 4.79 Å². The summed E-state index contributed by atoms with van der Waals surface area (Å²) in [7, 11) is 0. The molecule has 2 rings (SSSR count). The number of carbonyl (C=O) groups is 1. The molecule has 0 heterocycles. The van der Waals surface area contributed by atoms with Gasteiger partial charge in [-0.15, -0.1) is 12.4 Å². The zero-order valence-electron chi connectivity index (χ0n) is 11.2. The summed E-state index contributed by atoms with van der Waals surface area (Å²) < 4.78 is 0. The summed E-state index contributed by atoms with van der Waals surface area (Å²) in [5.74, 6) is 0.0571. The Bertz CT molecular complexity index is 526. The third-order valence-corrected chi connectivity index (χ3v) is 2.92. The minimum atomic E-state index is 0. The summed E-state index contributed by atoms with van der Waals surface area (Å²) in [6, 6.07) is 17.5. The highest BCUT2D eigenvalue weighted by atomic mass is 35.5. The number of nitrogen functional groups attached to an aromatic ring is 1. The van der Waals surface area contributed by atoms with Crippen LogP contribution in [0.4, 0.5) is 5.69 Å². The average molecular weight is 291 g/mol. The van der Waals surface area contributed by atoms with Crippen LogP contribution in [-0.4, -0.2) is 12.5 Å². The summed E-state index contributed by atoms with van der Waals surface area (Å²) in [5.41, 5.74) is 8.59. The highest BCUT2D eigenvalue weighted by Crippen LogP contribution is 2.05. The summed E-state index contributed by atoms with van der Waals surface area (Å²) in [4.78, 5) is 11.7. The van der Waals surface area contributed by atoms with Crippen LogP contribution in [0.15, 0.2) is 54.6 Å². The lowest BCUT2D eigenvalue weighted by Crippen LogP contribution is -2.27. The lowest BCUT2D eigenvalue weighted by Gasteiger charge is -2.06. The zero-order valence-corrected chi connectivity index (χ0v) is 12.0. The van der Waals surface area contributed by atoms with Gasteiger partial charge in [0.2, 0.25) is 5.91 Å². The molecule has 0 spiro atoms. The molecule has 0 aromatic heterocycles. The lowest BCUT2D eigenvalue weighted by molar-refractivity contribution is -0.120. The standard InChI is InChI=1S/C16H18N2O.ClH/c17-15-8-6-13(7-9-15)10-11-18-16(19)12-14-4-2-1-3-5-14;/h1-9H,10-12,17H2,(H,18,19);1H. The molecule has 0 aliphatic carbocycles. The second-order valence-electron chi connectivity index (χ2n) is 4.50. The van der Waals surface area contributed by atoms with Crippen molar-refractivity contribution in [2.75, 3.05) is 12.3 Å². The Morgan fingerprint density at radius 3 is 2.25 bits per heavy atom. The number of benzene rings is 2. The van der Waals surface area contributed by atoms with Crippen molar-refractivity contribution in [1.82, 2.24) is 5.32 Å². The predicted molar refractivity (Wildman–Crippen MR) is 85.0 cm³/mol. The van der Waals surface area contributed by atoms with Crippen LogP contribution >= 0.6 is 12.4 Å². The molecule has 3 N–H and O–H groups in total. The number of hydrogen-bond donors (Lipinski definition) is 2. The Morgan fingerprint density at radius 1 is 0.950 bits per heavy atom. The van der Waals surface area contributed by atoms with E-state index in [-0.39, 0.29) is 18.3 Å². The highest BCUT2D eigenvalue weighted by Gasteiger charge is 2.02. The number of rotatable bonds is 5. The van der Waals surface area contributed by atoms with E-state index in [4.69, 9.17) is 5.73 Å². The van der Waals surface area contributed by atoms with Gasteiger partial charge < -0.3 is 11.1 Å². The van der Waals surface area contributed by atoms with Gasteiger partial charge in [-0.25, -0.2) is 0 Å². The smallest absolute Gasteiger partial charge is 0.224 e. The Morgan fingerprint density at radius 2 is 1.60 bits per heavy atom. The first-order valence-corrected chi connectivity index (χ1v) is 6.39. The van der Waals surface area contributed by atoms with Crippen LogP contribution in [0.1, 0.15) is 11.1 Å². The number of nitrogens with two attached hydrogens (primary N) is 1. The molecule has 0 unspecified atom stereocenters. The van der Waals surface area contributed by atoms with Crippen LogP contribution in [0.5, 0.6) is 0 Å². The third-order valence-electron chi connectivity index (χ3n) is 2.92. The number of amides is 1. The van der Waals surface area contributed by atoms with Gasteiger partial charge in [0.1, 0.15) is 0 Å². The van der Waals surface area contributed by atoms with Crippen LogP contribution in [-0.2, 0) is 17.6 Å². The van der Waals surface area contributed by atoms with E-state index in [1.165, 1.54) is 5.56 Å². The number of hydrogen-bond acceptors (Lipinski definition) is 2. The normalized spacial score (nSPS) is 9.60. The van der Waals surface area contributed by atoms with Crippen molar-refractivity contribution in [3.8, 4) is 0 Å². The number of halogens is 1. The Kier molecular flexibility index (Phi) is 6.60. The van der Waals surface area contributed by atoms with E-state index >= 15 is 0 Å². The minimum absolute atomic E-state index is 0. The molecule has 106 valence electrons. The van der Waals surface area contributed by atoms with Gasteiger partial charge in [-0.05, 0) is 29.7 Å². The molecule has 2 aromatic rings. The van der Waals surface area contributed by atoms with E-state index in [2.05, 4.69) is 5.32 Å². The Hall–Kier alpha value is -2.00. The van der Waals surface area contributed by atoms with E-state index < -0.39 is 0 Å². The third kappa shape index (κ3) is 5.33. The molecule has 0 fully saturated rings. The average Bonchev–Trinajstić information content (AvgIpc) is 2.42. The van der Waals surface area contributed by atoms with E-state index in [1.807, 2.05) is 54.6 Å². The number of nitrogens with one attached hydrogen (secondary N) is 1. The second kappa shape index (κ2) is 8.23. The molecule has 0 radical (unpaired) electrons. The largest absolute Gasteiger partial charge is 0.399 e. The van der Waals surface area contributed by atoms with Crippen LogP contribution < -0.4 is 11.1 Å². The van der Waals surface area contributed by atoms with E-state index in [0.717, 1.165) is 17.7 Å². The molecule has 2 aromatic carbocycles. The van der Waals surface area contributed by atoms with Gasteiger partial charge in [0, 0.05) is 12.2 Å². The molecule has 4 heteroatoms. The van der Waals surface area contributed by atoms with Crippen molar-refractivity contribution in [2.45, 2.75) is 12.8 Å². The molecular weight excluding hydrogens is 272 g/mol. The van der Waals surface area contributed by atoms with E-state index in [9.17, 15) is 4.79 Å². The maximum Gasteiger partial charge on any atom is 0.224 e. The molecule has 0 saturated carbocycles. The molecule has 3 nitrogen and oxygen atoms in total. The first-order chi connectivity index (χ1) is 9.24. The molecular formula is C16H19ClN2O. The summed E-state index contributed by atoms with van der Waals surface area (Å²) in [5, 5.41) is 2.92. The van der Waals surface area contributed by atoms with Crippen LogP contribution in [0.2, 0.25) is 0 Å². The van der Waals surface area contributed by atoms with Crippen molar-refractivity contribution >= 4 is 24.0 Å². The maximum absolute atomic E-state index is 11.7. The minimum Gasteiger partial charge on any atom is -0.399 e. The van der Waals surface area contributed by atoms with Gasteiger partial charge in [-0.1, -0.05) is 42.5 Å². The van der Waals surface area contributed by atoms with Crippen LogP contribution in [0, 0.1) is 0 Å². The molecule has 0 atom stereocenters. The topological polar surface area (TPSA) is 55.1 Å². The molecule has 1 amide bonds. The molecule has 20 heavy (non-hydrogen) atoms. The molecule has 0 aliphatic heterocycles. The predicted octanol–water partition coefficient (Wildman–Crippen LogP) is 2.59. The van der Waals surface area contributed by atoms with Crippen molar-refractivity contribution in [2.24, 2.45) is 0 Å². The van der Waals surface area contributed by atoms with Gasteiger partial charge in [0.15, 0.2) is 0 Å². The van der Waals surface area contributed by atoms with Gasteiger partial charge >= 0.3 is 0 Å². The van der Waals surface area contributed by atoms with Gasteiger partial charge in [0.05, 0.1) is 6.42 Å². The van der Waals surface area contributed by atoms with Gasteiger partial charge in [-0.3, -0.25) is 4.79 Å². The fourth-order valence-electron chi connectivity index (χ4n) is 1.87. The van der Waals surface area contributed by atoms with Gasteiger partial charge in [0.25, 0.3) is 0 Å². The fraction of sp³-hybridized carbons (Fsp3) is 0.188. The zero-order chi connectivity index (χ0) is 13.5. The van der Waals surface area contributed by atoms with Crippen molar-refractivity contribution in [3.05, 3.63) is 65.7 Å². The number of anilines is 1. The second-order valence-corrected chi connectivity index (χ2v) is 4.50.